The van der Waals surface area contributed by atoms with E-state index in [1.165, 1.54) is 11.3 Å². The quantitative estimate of drug-likeness (QED) is 0.775. The van der Waals surface area contributed by atoms with Gasteiger partial charge in [0, 0.05) is 6.04 Å². The molecule has 0 spiro atoms. The average Bonchev–Trinajstić information content (AvgIpc) is 3.07. The lowest BCUT2D eigenvalue weighted by atomic mass is 10.2. The summed E-state index contributed by atoms with van der Waals surface area (Å²) in [4.78, 5) is 25.8. The Bertz CT molecular complexity index is 503. The van der Waals surface area contributed by atoms with Crippen LogP contribution in [0.4, 0.5) is 5.00 Å². The van der Waals surface area contributed by atoms with Crippen molar-refractivity contribution >= 4 is 28.2 Å². The van der Waals surface area contributed by atoms with Gasteiger partial charge < -0.3 is 15.2 Å². The molecule has 0 unspecified atom stereocenters. The molecule has 0 radical (unpaired) electrons. The number of amides is 1. The second kappa shape index (κ2) is 7.53. The van der Waals surface area contributed by atoms with Crippen LogP contribution in [-0.4, -0.2) is 54.2 Å². The second-order valence-corrected chi connectivity index (χ2v) is 5.80. The number of carbonyl (C=O) groups excluding carboxylic acids is 2. The summed E-state index contributed by atoms with van der Waals surface area (Å²) in [5.74, 6) is -0.605. The number of rotatable bonds is 6. The largest absolute Gasteiger partial charge is 0.462 e. The van der Waals surface area contributed by atoms with Crippen LogP contribution in [0.3, 0.4) is 0 Å². The van der Waals surface area contributed by atoms with Gasteiger partial charge in [-0.1, -0.05) is 0 Å². The highest BCUT2D eigenvalue weighted by atomic mass is 32.1. The molecule has 0 saturated carbocycles. The first-order chi connectivity index (χ1) is 10.2. The van der Waals surface area contributed by atoms with E-state index in [0.717, 1.165) is 19.4 Å². The van der Waals surface area contributed by atoms with E-state index in [2.05, 4.69) is 5.32 Å². The maximum Gasteiger partial charge on any atom is 0.341 e. The third-order valence-electron chi connectivity index (χ3n) is 3.47. The van der Waals surface area contributed by atoms with Gasteiger partial charge in [-0.2, -0.15) is 0 Å². The van der Waals surface area contributed by atoms with Crippen LogP contribution in [0.25, 0.3) is 0 Å². The number of esters is 1. The lowest BCUT2D eigenvalue weighted by Crippen LogP contribution is -2.38. The molecule has 1 aromatic rings. The van der Waals surface area contributed by atoms with E-state index >= 15 is 0 Å². The highest BCUT2D eigenvalue weighted by molar-refractivity contribution is 7.14. The third kappa shape index (κ3) is 4.03. The molecule has 1 aromatic heterocycles. The van der Waals surface area contributed by atoms with E-state index in [-0.39, 0.29) is 25.1 Å². The topological polar surface area (TPSA) is 78.9 Å². The highest BCUT2D eigenvalue weighted by Gasteiger charge is 2.26. The molecule has 0 aliphatic carbocycles. The minimum atomic E-state index is -0.427. The molecule has 2 N–H and O–H groups in total. The summed E-state index contributed by atoms with van der Waals surface area (Å²) in [5, 5.41) is 14.3. The van der Waals surface area contributed by atoms with E-state index in [1.54, 1.807) is 18.4 Å². The maximum atomic E-state index is 12.1. The molecule has 1 fully saturated rings. The van der Waals surface area contributed by atoms with Crippen LogP contribution < -0.4 is 5.32 Å². The van der Waals surface area contributed by atoms with E-state index < -0.39 is 5.97 Å². The highest BCUT2D eigenvalue weighted by Crippen LogP contribution is 2.24. The molecule has 1 atom stereocenters. The van der Waals surface area contributed by atoms with Gasteiger partial charge in [-0.25, -0.2) is 4.79 Å². The van der Waals surface area contributed by atoms with Crippen molar-refractivity contribution < 1.29 is 19.4 Å². The van der Waals surface area contributed by atoms with Gasteiger partial charge >= 0.3 is 5.97 Å². The van der Waals surface area contributed by atoms with Gasteiger partial charge in [0.05, 0.1) is 25.3 Å². The van der Waals surface area contributed by atoms with Crippen LogP contribution in [0.1, 0.15) is 30.1 Å². The van der Waals surface area contributed by atoms with Crippen molar-refractivity contribution in [3.05, 3.63) is 17.0 Å². The van der Waals surface area contributed by atoms with Crippen LogP contribution in [-0.2, 0) is 9.53 Å². The van der Waals surface area contributed by atoms with Crippen LogP contribution in [0.15, 0.2) is 11.4 Å². The Balaban J connectivity index is 1.94. The zero-order valence-electron chi connectivity index (χ0n) is 12.0. The molecule has 21 heavy (non-hydrogen) atoms. The first-order valence-electron chi connectivity index (χ1n) is 7.05. The molecular weight excluding hydrogens is 292 g/mol. The van der Waals surface area contributed by atoms with Crippen molar-refractivity contribution in [3.8, 4) is 0 Å². The van der Waals surface area contributed by atoms with Crippen molar-refractivity contribution in [3.63, 3.8) is 0 Å². The van der Waals surface area contributed by atoms with Crippen molar-refractivity contribution in [1.82, 2.24) is 4.90 Å². The predicted molar refractivity (Wildman–Crippen MR) is 80.6 cm³/mol. The van der Waals surface area contributed by atoms with Crippen LogP contribution in [0.2, 0.25) is 0 Å². The molecular formula is C14H20N2O4S. The Labute approximate surface area is 127 Å². The fraction of sp³-hybridized carbons (Fsp3) is 0.571. The Kier molecular flexibility index (Phi) is 5.72. The minimum absolute atomic E-state index is 0.0589. The van der Waals surface area contributed by atoms with Gasteiger partial charge in [-0.15, -0.1) is 11.3 Å². The summed E-state index contributed by atoms with van der Waals surface area (Å²) in [7, 11) is 0. The molecule has 1 saturated heterocycles. The van der Waals surface area contributed by atoms with Gasteiger partial charge in [0.15, 0.2) is 0 Å². The van der Waals surface area contributed by atoms with Crippen molar-refractivity contribution in [2.24, 2.45) is 0 Å². The zero-order chi connectivity index (χ0) is 15.2. The Morgan fingerprint density at radius 1 is 1.57 bits per heavy atom. The first kappa shape index (κ1) is 15.9. The number of aliphatic hydroxyl groups is 1. The Morgan fingerprint density at radius 2 is 2.38 bits per heavy atom. The monoisotopic (exact) mass is 312 g/mol. The zero-order valence-corrected chi connectivity index (χ0v) is 12.8. The van der Waals surface area contributed by atoms with Gasteiger partial charge in [-0.05, 0) is 37.8 Å². The van der Waals surface area contributed by atoms with Crippen molar-refractivity contribution in [2.45, 2.75) is 25.8 Å². The number of aliphatic hydroxyl groups excluding tert-OH is 1. The number of ether oxygens (including phenoxy) is 1. The molecule has 116 valence electrons. The number of nitrogens with zero attached hydrogens (tertiary/aromatic N) is 1. The number of carbonyl (C=O) groups is 2. The fourth-order valence-corrected chi connectivity index (χ4v) is 3.23. The summed E-state index contributed by atoms with van der Waals surface area (Å²) in [6.45, 7) is 3.15. The van der Waals surface area contributed by atoms with Crippen molar-refractivity contribution in [2.75, 3.05) is 31.6 Å². The normalized spacial score (nSPS) is 18.7. The van der Waals surface area contributed by atoms with E-state index in [9.17, 15) is 14.7 Å². The average molecular weight is 312 g/mol. The van der Waals surface area contributed by atoms with E-state index in [1.807, 2.05) is 4.90 Å². The summed E-state index contributed by atoms with van der Waals surface area (Å²) in [6, 6.07) is 1.70. The summed E-state index contributed by atoms with van der Waals surface area (Å²) in [5.41, 5.74) is 0.385. The molecule has 2 rings (SSSR count). The summed E-state index contributed by atoms with van der Waals surface area (Å²) in [6.07, 6.45) is 1.91. The number of anilines is 1. The summed E-state index contributed by atoms with van der Waals surface area (Å²) < 4.78 is 4.95. The van der Waals surface area contributed by atoms with E-state index in [4.69, 9.17) is 4.74 Å². The number of hydrogen-bond acceptors (Lipinski definition) is 6. The molecule has 6 nitrogen and oxygen atoms in total. The number of nitrogens with one attached hydrogen (secondary N) is 1. The standard InChI is InChI=1S/C14H20N2O4S/c1-2-20-14(19)11-5-7-21-13(11)15-12(18)8-16-6-3-4-10(16)9-17/h5,7,10,17H,2-4,6,8-9H2,1H3,(H,15,18)/t10-/m0/s1. The molecule has 1 aliphatic heterocycles. The van der Waals surface area contributed by atoms with Crippen molar-refractivity contribution in [1.29, 1.82) is 0 Å². The van der Waals surface area contributed by atoms with Crippen LogP contribution in [0.5, 0.6) is 0 Å². The molecule has 1 aliphatic rings. The number of thiophene rings is 1. The lowest BCUT2D eigenvalue weighted by Gasteiger charge is -2.21. The SMILES string of the molecule is CCOC(=O)c1ccsc1NC(=O)CN1CCC[C@H]1CO. The van der Waals surface area contributed by atoms with E-state index in [0.29, 0.717) is 17.2 Å². The minimum Gasteiger partial charge on any atom is -0.462 e. The molecule has 1 amide bonds. The Hall–Kier alpha value is -1.44. The third-order valence-corrected chi connectivity index (χ3v) is 4.30. The fourth-order valence-electron chi connectivity index (χ4n) is 2.44. The van der Waals surface area contributed by atoms with Crippen LogP contribution in [0, 0.1) is 0 Å². The van der Waals surface area contributed by atoms with Gasteiger partial charge in [0.25, 0.3) is 0 Å². The second-order valence-electron chi connectivity index (χ2n) is 4.88. The summed E-state index contributed by atoms with van der Waals surface area (Å²) >= 11 is 1.30. The smallest absolute Gasteiger partial charge is 0.341 e. The van der Waals surface area contributed by atoms with Gasteiger partial charge in [0.1, 0.15) is 5.00 Å². The van der Waals surface area contributed by atoms with Crippen LogP contribution >= 0.6 is 11.3 Å². The molecule has 2 heterocycles. The van der Waals surface area contributed by atoms with Gasteiger partial charge in [0.2, 0.25) is 5.91 Å². The lowest BCUT2D eigenvalue weighted by molar-refractivity contribution is -0.117. The first-order valence-corrected chi connectivity index (χ1v) is 7.93. The number of likely N-dealkylation sites (tertiary alicyclic amines) is 1. The molecule has 7 heteroatoms. The number of hydrogen-bond donors (Lipinski definition) is 2. The predicted octanol–water partition coefficient (Wildman–Crippen LogP) is 1.32. The molecule has 0 aromatic carbocycles. The maximum absolute atomic E-state index is 12.1. The van der Waals surface area contributed by atoms with Gasteiger partial charge in [-0.3, -0.25) is 9.69 Å². The Morgan fingerprint density at radius 3 is 3.10 bits per heavy atom. The molecule has 0 bridgehead atoms.